The Hall–Kier alpha value is -3.03. The van der Waals surface area contributed by atoms with Gasteiger partial charge in [-0.2, -0.15) is 0 Å². The van der Waals surface area contributed by atoms with Gasteiger partial charge in [-0.15, -0.1) is 10.2 Å². The monoisotopic (exact) mass is 326 g/mol. The number of carbonyl (C=O) groups is 1. The van der Waals surface area contributed by atoms with Crippen LogP contribution < -0.4 is 10.9 Å². The van der Waals surface area contributed by atoms with E-state index >= 15 is 0 Å². The average Bonchev–Trinajstić information content (AvgIpc) is 3.04. The first kappa shape index (κ1) is 15.9. The second-order valence-electron chi connectivity index (χ2n) is 5.66. The van der Waals surface area contributed by atoms with Crippen LogP contribution in [-0.4, -0.2) is 36.6 Å². The largest absolute Gasteiger partial charge is 0.351 e. The highest BCUT2D eigenvalue weighted by Crippen LogP contribution is 2.06. The van der Waals surface area contributed by atoms with Gasteiger partial charge in [-0.25, -0.2) is 4.98 Å². The maximum Gasteiger partial charge on any atom is 0.270 e. The fraction of sp³-hybridized carbons (Fsp3) is 0.312. The van der Waals surface area contributed by atoms with E-state index in [-0.39, 0.29) is 17.2 Å². The first-order valence-electron chi connectivity index (χ1n) is 7.71. The van der Waals surface area contributed by atoms with Crippen LogP contribution in [0.3, 0.4) is 0 Å². The first-order chi connectivity index (χ1) is 11.6. The summed E-state index contributed by atoms with van der Waals surface area (Å²) in [5.41, 5.74) is 0.136. The summed E-state index contributed by atoms with van der Waals surface area (Å²) < 4.78 is 3.29. The molecular formula is C16H18N6O2. The van der Waals surface area contributed by atoms with Gasteiger partial charge >= 0.3 is 0 Å². The van der Waals surface area contributed by atoms with E-state index in [0.29, 0.717) is 18.6 Å². The van der Waals surface area contributed by atoms with Crippen molar-refractivity contribution in [2.45, 2.75) is 26.3 Å². The second-order valence-corrected chi connectivity index (χ2v) is 5.66. The molecule has 124 valence electrons. The lowest BCUT2D eigenvalue weighted by molar-refractivity contribution is 0.0952. The minimum Gasteiger partial charge on any atom is -0.351 e. The number of aromatic nitrogens is 5. The molecule has 0 aliphatic carbocycles. The van der Waals surface area contributed by atoms with E-state index in [2.05, 4.69) is 20.5 Å². The van der Waals surface area contributed by atoms with E-state index in [4.69, 9.17) is 0 Å². The zero-order valence-corrected chi connectivity index (χ0v) is 13.5. The van der Waals surface area contributed by atoms with E-state index in [1.165, 1.54) is 10.6 Å². The minimum absolute atomic E-state index is 0.0176. The van der Waals surface area contributed by atoms with Gasteiger partial charge in [0.05, 0.1) is 0 Å². The van der Waals surface area contributed by atoms with Crippen LogP contribution in [0.2, 0.25) is 0 Å². The molecule has 3 aromatic heterocycles. The SMILES string of the molecule is CC(C)n1cnnc1CCNC(=O)c1cnc2ccccn2c1=O. The van der Waals surface area contributed by atoms with Crippen molar-refractivity contribution in [3.8, 4) is 0 Å². The third-order valence-electron chi connectivity index (χ3n) is 3.70. The molecular weight excluding hydrogens is 308 g/mol. The Morgan fingerprint density at radius 1 is 1.33 bits per heavy atom. The van der Waals surface area contributed by atoms with E-state index in [9.17, 15) is 9.59 Å². The van der Waals surface area contributed by atoms with Gasteiger partial charge in [-0.05, 0) is 26.0 Å². The zero-order chi connectivity index (χ0) is 17.1. The van der Waals surface area contributed by atoms with Gasteiger partial charge in [-0.1, -0.05) is 6.07 Å². The average molecular weight is 326 g/mol. The van der Waals surface area contributed by atoms with E-state index in [0.717, 1.165) is 5.82 Å². The maximum absolute atomic E-state index is 12.3. The third-order valence-corrected chi connectivity index (χ3v) is 3.70. The Kier molecular flexibility index (Phi) is 4.37. The predicted octanol–water partition coefficient (Wildman–Crippen LogP) is 0.839. The molecule has 0 saturated heterocycles. The Bertz CT molecular complexity index is 927. The summed E-state index contributed by atoms with van der Waals surface area (Å²) in [6.07, 6.45) is 5.10. The standard InChI is InChI=1S/C16H18N6O2/c1-11(2)22-10-19-20-14(22)6-7-17-15(23)12-9-18-13-5-3-4-8-21(13)16(12)24/h3-5,8-11H,6-7H2,1-2H3,(H,17,23). The number of fused-ring (bicyclic) bond motifs is 1. The van der Waals surface area contributed by atoms with Gasteiger partial charge < -0.3 is 9.88 Å². The van der Waals surface area contributed by atoms with Crippen molar-refractivity contribution in [2.24, 2.45) is 0 Å². The Labute approximate surface area is 138 Å². The first-order valence-corrected chi connectivity index (χ1v) is 7.71. The Morgan fingerprint density at radius 3 is 2.96 bits per heavy atom. The number of nitrogens with one attached hydrogen (secondary N) is 1. The van der Waals surface area contributed by atoms with Crippen molar-refractivity contribution in [1.82, 2.24) is 29.5 Å². The quantitative estimate of drug-likeness (QED) is 0.750. The Balaban J connectivity index is 1.70. The molecule has 0 radical (unpaired) electrons. The summed E-state index contributed by atoms with van der Waals surface area (Å²) in [5, 5.41) is 10.7. The highest BCUT2D eigenvalue weighted by atomic mass is 16.2. The highest BCUT2D eigenvalue weighted by Gasteiger charge is 2.13. The van der Waals surface area contributed by atoms with Crippen LogP contribution in [0.1, 0.15) is 36.1 Å². The van der Waals surface area contributed by atoms with Crippen LogP contribution in [0.5, 0.6) is 0 Å². The van der Waals surface area contributed by atoms with Gasteiger partial charge in [0, 0.05) is 31.4 Å². The molecule has 0 aromatic carbocycles. The topological polar surface area (TPSA) is 94.2 Å². The summed E-state index contributed by atoms with van der Waals surface area (Å²) in [6, 6.07) is 5.46. The molecule has 0 aliphatic heterocycles. The van der Waals surface area contributed by atoms with Crippen molar-refractivity contribution in [3.05, 3.63) is 58.7 Å². The van der Waals surface area contributed by atoms with Gasteiger partial charge in [0.1, 0.15) is 23.4 Å². The van der Waals surface area contributed by atoms with E-state index in [1.54, 1.807) is 30.7 Å². The summed E-state index contributed by atoms with van der Waals surface area (Å²) in [5.74, 6) is 0.347. The van der Waals surface area contributed by atoms with Gasteiger partial charge in [0.2, 0.25) is 0 Å². The fourth-order valence-corrected chi connectivity index (χ4v) is 2.44. The minimum atomic E-state index is -0.443. The number of carbonyl (C=O) groups excluding carboxylic acids is 1. The van der Waals surface area contributed by atoms with Crippen LogP contribution in [-0.2, 0) is 6.42 Å². The predicted molar refractivity (Wildman–Crippen MR) is 87.9 cm³/mol. The normalized spacial score (nSPS) is 11.1. The number of hydrogen-bond donors (Lipinski definition) is 1. The fourth-order valence-electron chi connectivity index (χ4n) is 2.44. The van der Waals surface area contributed by atoms with Crippen molar-refractivity contribution in [2.75, 3.05) is 6.54 Å². The molecule has 0 bridgehead atoms. The van der Waals surface area contributed by atoms with Crippen LogP contribution in [0.4, 0.5) is 0 Å². The molecule has 0 atom stereocenters. The van der Waals surface area contributed by atoms with Crippen LogP contribution in [0.15, 0.2) is 41.7 Å². The van der Waals surface area contributed by atoms with Crippen LogP contribution in [0.25, 0.3) is 5.65 Å². The number of hydrogen-bond acceptors (Lipinski definition) is 5. The smallest absolute Gasteiger partial charge is 0.270 e. The molecule has 24 heavy (non-hydrogen) atoms. The van der Waals surface area contributed by atoms with Gasteiger partial charge in [0.15, 0.2) is 0 Å². The molecule has 0 unspecified atom stereocenters. The van der Waals surface area contributed by atoms with Crippen molar-refractivity contribution >= 4 is 11.6 Å². The van der Waals surface area contributed by atoms with E-state index < -0.39 is 5.91 Å². The molecule has 3 rings (SSSR count). The van der Waals surface area contributed by atoms with Gasteiger partial charge in [-0.3, -0.25) is 14.0 Å². The molecule has 8 nitrogen and oxygen atoms in total. The van der Waals surface area contributed by atoms with Crippen LogP contribution in [0, 0.1) is 0 Å². The number of pyridine rings is 1. The summed E-state index contributed by atoms with van der Waals surface area (Å²) in [6.45, 7) is 4.43. The summed E-state index contributed by atoms with van der Waals surface area (Å²) in [7, 11) is 0. The second kappa shape index (κ2) is 6.61. The Morgan fingerprint density at radius 2 is 2.17 bits per heavy atom. The molecule has 3 aromatic rings. The van der Waals surface area contributed by atoms with Crippen molar-refractivity contribution < 1.29 is 4.79 Å². The van der Waals surface area contributed by atoms with Crippen molar-refractivity contribution in [3.63, 3.8) is 0 Å². The number of amides is 1. The lowest BCUT2D eigenvalue weighted by Gasteiger charge is -2.10. The summed E-state index contributed by atoms with van der Waals surface area (Å²) >= 11 is 0. The molecule has 8 heteroatoms. The lowest BCUT2D eigenvalue weighted by Crippen LogP contribution is -2.33. The number of rotatable bonds is 5. The maximum atomic E-state index is 12.3. The molecule has 0 saturated carbocycles. The van der Waals surface area contributed by atoms with Crippen molar-refractivity contribution in [1.29, 1.82) is 0 Å². The zero-order valence-electron chi connectivity index (χ0n) is 13.5. The third kappa shape index (κ3) is 3.03. The molecule has 0 fully saturated rings. The number of nitrogens with zero attached hydrogens (tertiary/aromatic N) is 5. The molecule has 0 spiro atoms. The molecule has 3 heterocycles. The molecule has 1 N–H and O–H groups in total. The lowest BCUT2D eigenvalue weighted by atomic mass is 10.3. The summed E-state index contributed by atoms with van der Waals surface area (Å²) in [4.78, 5) is 28.7. The molecule has 0 aliphatic rings. The van der Waals surface area contributed by atoms with Crippen LogP contribution >= 0.6 is 0 Å². The van der Waals surface area contributed by atoms with Gasteiger partial charge in [0.25, 0.3) is 11.5 Å². The highest BCUT2D eigenvalue weighted by molar-refractivity contribution is 5.93. The molecule has 1 amide bonds. The van der Waals surface area contributed by atoms with E-state index in [1.807, 2.05) is 18.4 Å².